The molecule has 0 atom stereocenters. The van der Waals surface area contributed by atoms with Crippen LogP contribution in [0.3, 0.4) is 0 Å². The summed E-state index contributed by atoms with van der Waals surface area (Å²) in [5.74, 6) is -1.18. The Morgan fingerprint density at radius 2 is 1.95 bits per heavy atom. The van der Waals surface area contributed by atoms with Crippen molar-refractivity contribution in [1.82, 2.24) is 0 Å². The Kier molecular flexibility index (Phi) is 5.03. The molecule has 0 saturated heterocycles. The molecule has 1 aromatic carbocycles. The molecule has 1 aromatic rings. The number of amides is 1. The molecule has 0 heterocycles. The summed E-state index contributed by atoms with van der Waals surface area (Å²) >= 11 is 0. The van der Waals surface area contributed by atoms with Crippen molar-refractivity contribution in [2.24, 2.45) is 5.73 Å². The van der Waals surface area contributed by atoms with Gasteiger partial charge in [-0.25, -0.2) is 0 Å². The van der Waals surface area contributed by atoms with Crippen molar-refractivity contribution in [3.63, 3.8) is 0 Å². The molecule has 0 radical (unpaired) electrons. The van der Waals surface area contributed by atoms with Gasteiger partial charge in [-0.05, 0) is 30.0 Å². The lowest BCUT2D eigenvalue weighted by atomic mass is 9.94. The van der Waals surface area contributed by atoms with E-state index in [9.17, 15) is 18.0 Å². The fourth-order valence-corrected chi connectivity index (χ4v) is 1.84. The predicted molar refractivity (Wildman–Crippen MR) is 69.8 cm³/mol. The molecular weight excluding hydrogens is 271 g/mol. The average Bonchev–Trinajstić information content (AvgIpc) is 2.33. The van der Waals surface area contributed by atoms with Gasteiger partial charge in [0, 0.05) is 0 Å². The van der Waals surface area contributed by atoms with Crippen LogP contribution in [0.5, 0.6) is 5.75 Å². The van der Waals surface area contributed by atoms with Crippen molar-refractivity contribution in [3.8, 4) is 5.75 Å². The maximum Gasteiger partial charge on any atom is 0.416 e. The molecule has 2 N–H and O–H groups in total. The number of alkyl halides is 3. The van der Waals surface area contributed by atoms with Gasteiger partial charge in [-0.3, -0.25) is 4.79 Å². The summed E-state index contributed by atoms with van der Waals surface area (Å²) in [6.45, 7) is 5.47. The second-order valence-electron chi connectivity index (χ2n) is 4.80. The molecule has 0 aliphatic heterocycles. The lowest BCUT2D eigenvalue weighted by molar-refractivity contribution is -0.138. The molecule has 0 aromatic heterocycles. The first-order valence-corrected chi connectivity index (χ1v) is 6.36. The Labute approximate surface area is 115 Å². The summed E-state index contributed by atoms with van der Waals surface area (Å²) in [7, 11) is 0. The van der Waals surface area contributed by atoms with Gasteiger partial charge < -0.3 is 10.5 Å². The van der Waals surface area contributed by atoms with Gasteiger partial charge in [0.05, 0.1) is 17.7 Å². The van der Waals surface area contributed by atoms with Crippen LogP contribution in [0.2, 0.25) is 0 Å². The standard InChI is InChI=1S/C14H18F3NO2/c1-4-5-20-12-7-9(8(2)3)11(14(15,16)17)6-10(12)13(18)19/h6-8H,4-5H2,1-3H3,(H2,18,19). The van der Waals surface area contributed by atoms with Crippen molar-refractivity contribution >= 4 is 5.91 Å². The Hall–Kier alpha value is -1.72. The smallest absolute Gasteiger partial charge is 0.416 e. The fourth-order valence-electron chi connectivity index (χ4n) is 1.84. The van der Waals surface area contributed by atoms with Crippen LogP contribution >= 0.6 is 0 Å². The normalized spacial score (nSPS) is 11.8. The molecule has 0 aliphatic rings. The zero-order valence-electron chi connectivity index (χ0n) is 11.7. The molecule has 1 rings (SSSR count). The van der Waals surface area contributed by atoms with Gasteiger partial charge in [0.2, 0.25) is 0 Å². The number of benzene rings is 1. The fraction of sp³-hybridized carbons (Fsp3) is 0.500. The van der Waals surface area contributed by atoms with Crippen molar-refractivity contribution < 1.29 is 22.7 Å². The van der Waals surface area contributed by atoms with E-state index in [4.69, 9.17) is 10.5 Å². The third kappa shape index (κ3) is 3.65. The van der Waals surface area contributed by atoms with Crippen molar-refractivity contribution in [1.29, 1.82) is 0 Å². The highest BCUT2D eigenvalue weighted by Crippen LogP contribution is 2.38. The first-order valence-electron chi connectivity index (χ1n) is 6.36. The zero-order chi connectivity index (χ0) is 15.5. The van der Waals surface area contributed by atoms with Crippen LogP contribution in [0, 0.1) is 0 Å². The monoisotopic (exact) mass is 289 g/mol. The van der Waals surface area contributed by atoms with Crippen LogP contribution in [-0.4, -0.2) is 12.5 Å². The molecule has 0 aliphatic carbocycles. The second kappa shape index (κ2) is 6.15. The minimum absolute atomic E-state index is 0.0913. The molecule has 0 bridgehead atoms. The second-order valence-corrected chi connectivity index (χ2v) is 4.80. The topological polar surface area (TPSA) is 52.3 Å². The molecule has 6 heteroatoms. The molecule has 112 valence electrons. The third-order valence-corrected chi connectivity index (χ3v) is 2.81. The van der Waals surface area contributed by atoms with Gasteiger partial charge in [0.25, 0.3) is 5.91 Å². The van der Waals surface area contributed by atoms with Crippen LogP contribution in [-0.2, 0) is 6.18 Å². The van der Waals surface area contributed by atoms with E-state index in [1.807, 2.05) is 6.92 Å². The Balaban J connectivity index is 3.47. The highest BCUT2D eigenvalue weighted by molar-refractivity contribution is 5.96. The lowest BCUT2D eigenvalue weighted by Gasteiger charge is -2.19. The van der Waals surface area contributed by atoms with Gasteiger partial charge in [-0.15, -0.1) is 0 Å². The summed E-state index contributed by atoms with van der Waals surface area (Å²) in [5.41, 5.74) is 4.15. The van der Waals surface area contributed by atoms with Crippen molar-refractivity contribution in [3.05, 3.63) is 28.8 Å². The molecule has 1 amide bonds. The minimum Gasteiger partial charge on any atom is -0.493 e. The average molecular weight is 289 g/mol. The molecule has 0 saturated carbocycles. The number of carbonyl (C=O) groups is 1. The summed E-state index contributed by atoms with van der Waals surface area (Å²) in [4.78, 5) is 11.3. The van der Waals surface area contributed by atoms with E-state index in [0.717, 1.165) is 6.07 Å². The molecule has 0 spiro atoms. The van der Waals surface area contributed by atoms with Gasteiger partial charge in [-0.2, -0.15) is 13.2 Å². The molecular formula is C14H18F3NO2. The predicted octanol–water partition coefficient (Wildman–Crippen LogP) is 3.72. The van der Waals surface area contributed by atoms with E-state index in [1.54, 1.807) is 13.8 Å². The van der Waals surface area contributed by atoms with E-state index < -0.39 is 17.6 Å². The first kappa shape index (κ1) is 16.3. The van der Waals surface area contributed by atoms with E-state index in [2.05, 4.69) is 0 Å². The summed E-state index contributed by atoms with van der Waals surface area (Å²) in [6.07, 6.45) is -3.86. The SMILES string of the molecule is CCCOc1cc(C(C)C)c(C(F)(F)F)cc1C(N)=O. The number of carbonyl (C=O) groups excluding carboxylic acids is 1. The van der Waals surface area contributed by atoms with Crippen LogP contribution in [0.25, 0.3) is 0 Å². The molecule has 3 nitrogen and oxygen atoms in total. The number of nitrogens with two attached hydrogens (primary N) is 1. The highest BCUT2D eigenvalue weighted by Gasteiger charge is 2.35. The molecule has 0 fully saturated rings. The van der Waals surface area contributed by atoms with E-state index in [-0.39, 0.29) is 22.8 Å². The molecule has 20 heavy (non-hydrogen) atoms. The Morgan fingerprint density at radius 1 is 1.35 bits per heavy atom. The lowest BCUT2D eigenvalue weighted by Crippen LogP contribution is -2.18. The summed E-state index contributed by atoms with van der Waals surface area (Å²) in [6, 6.07) is 2.05. The van der Waals surface area contributed by atoms with Gasteiger partial charge >= 0.3 is 6.18 Å². The number of hydrogen-bond acceptors (Lipinski definition) is 2. The molecule has 0 unspecified atom stereocenters. The largest absolute Gasteiger partial charge is 0.493 e. The van der Waals surface area contributed by atoms with E-state index in [0.29, 0.717) is 13.0 Å². The first-order chi connectivity index (χ1) is 9.18. The maximum absolute atomic E-state index is 13.0. The maximum atomic E-state index is 13.0. The number of rotatable bonds is 5. The van der Waals surface area contributed by atoms with Gasteiger partial charge in [0.1, 0.15) is 5.75 Å². The number of primary amides is 1. The quantitative estimate of drug-likeness (QED) is 0.898. The van der Waals surface area contributed by atoms with E-state index in [1.165, 1.54) is 6.07 Å². The van der Waals surface area contributed by atoms with Crippen LogP contribution in [0.15, 0.2) is 12.1 Å². The minimum atomic E-state index is -4.53. The van der Waals surface area contributed by atoms with Crippen molar-refractivity contribution in [2.45, 2.75) is 39.3 Å². The number of halogens is 3. The Bertz CT molecular complexity index is 496. The van der Waals surface area contributed by atoms with Crippen LogP contribution in [0.1, 0.15) is 54.6 Å². The highest BCUT2D eigenvalue weighted by atomic mass is 19.4. The van der Waals surface area contributed by atoms with Crippen molar-refractivity contribution in [2.75, 3.05) is 6.61 Å². The number of ether oxygens (including phenoxy) is 1. The summed E-state index contributed by atoms with van der Waals surface area (Å²) < 4.78 is 44.5. The number of hydrogen-bond donors (Lipinski definition) is 1. The summed E-state index contributed by atoms with van der Waals surface area (Å²) in [5, 5.41) is 0. The Morgan fingerprint density at radius 3 is 2.35 bits per heavy atom. The van der Waals surface area contributed by atoms with Crippen LogP contribution in [0.4, 0.5) is 13.2 Å². The van der Waals surface area contributed by atoms with Gasteiger partial charge in [-0.1, -0.05) is 20.8 Å². The van der Waals surface area contributed by atoms with E-state index >= 15 is 0 Å². The van der Waals surface area contributed by atoms with Crippen LogP contribution < -0.4 is 10.5 Å². The zero-order valence-corrected chi connectivity index (χ0v) is 11.7. The van der Waals surface area contributed by atoms with Gasteiger partial charge in [0.15, 0.2) is 0 Å². The third-order valence-electron chi connectivity index (χ3n) is 2.81.